The maximum atomic E-state index is 11.3. The van der Waals surface area contributed by atoms with E-state index in [9.17, 15) is 14.4 Å². The Balaban J connectivity index is 0.00000225. The van der Waals surface area contributed by atoms with E-state index < -0.39 is 17.8 Å². The molecule has 0 aromatic rings. The van der Waals surface area contributed by atoms with Crippen LogP contribution >= 0.6 is 0 Å². The Labute approximate surface area is 104 Å². The first-order valence-electron chi connectivity index (χ1n) is 4.66. The average Bonchev–Trinajstić information content (AvgIpc) is 2.32. The lowest BCUT2D eigenvalue weighted by atomic mass is 10.4. The Kier molecular flexibility index (Phi) is 5.08. The molecule has 1 aliphatic rings. The van der Waals surface area contributed by atoms with Crippen molar-refractivity contribution in [2.24, 2.45) is 0 Å². The van der Waals surface area contributed by atoms with Crippen molar-refractivity contribution in [1.29, 1.82) is 0 Å². The minimum absolute atomic E-state index is 0. The number of carbonyl (C=O) groups is 3. The number of carbonyl (C=O) groups excluding carboxylic acids is 3. The Morgan fingerprint density at radius 1 is 1.25 bits per heavy atom. The predicted octanol–water partition coefficient (Wildman–Crippen LogP) is -3.70. The first kappa shape index (κ1) is 15.0. The van der Waals surface area contributed by atoms with E-state index in [2.05, 4.69) is 0 Å². The molecule has 0 N–H and O–H groups in total. The molecule has 0 bridgehead atoms. The van der Waals surface area contributed by atoms with Crippen LogP contribution in [-0.4, -0.2) is 55.0 Å². The van der Waals surface area contributed by atoms with Crippen LogP contribution in [0, 0.1) is 0 Å². The van der Waals surface area contributed by atoms with Gasteiger partial charge in [-0.3, -0.25) is 9.59 Å². The maximum absolute atomic E-state index is 11.3. The lowest BCUT2D eigenvalue weighted by Crippen LogP contribution is -3.00. The van der Waals surface area contributed by atoms with Crippen LogP contribution in [0.5, 0.6) is 0 Å². The van der Waals surface area contributed by atoms with Crippen LogP contribution in [0.3, 0.4) is 0 Å². The van der Waals surface area contributed by atoms with Crippen LogP contribution < -0.4 is 17.0 Å². The molecule has 92 valence electrons. The summed E-state index contributed by atoms with van der Waals surface area (Å²) < 4.78 is 0.384. The highest BCUT2D eigenvalue weighted by Crippen LogP contribution is 2.12. The summed E-state index contributed by atoms with van der Waals surface area (Å²) in [6, 6.07) is 0. The van der Waals surface area contributed by atoms with E-state index >= 15 is 0 Å². The average molecular weight is 295 g/mol. The zero-order chi connectivity index (χ0) is 11.6. The van der Waals surface area contributed by atoms with Gasteiger partial charge >= 0.3 is 5.97 Å². The molecular formula is C9H15BrN2O4. The van der Waals surface area contributed by atoms with Gasteiger partial charge in [0, 0.05) is 12.8 Å². The number of hydrogen-bond donors (Lipinski definition) is 0. The molecule has 6 nitrogen and oxygen atoms in total. The summed E-state index contributed by atoms with van der Waals surface area (Å²) in [7, 11) is 5.44. The van der Waals surface area contributed by atoms with Gasteiger partial charge in [0.25, 0.3) is 11.8 Å². The fourth-order valence-electron chi connectivity index (χ4n) is 1.18. The quantitative estimate of drug-likeness (QED) is 0.397. The fourth-order valence-corrected chi connectivity index (χ4v) is 1.18. The first-order valence-corrected chi connectivity index (χ1v) is 4.66. The molecule has 0 aromatic heterocycles. The van der Waals surface area contributed by atoms with Gasteiger partial charge in [-0.15, -0.1) is 5.06 Å². The Morgan fingerprint density at radius 3 is 2.06 bits per heavy atom. The second-order valence-electron chi connectivity index (χ2n) is 4.49. The summed E-state index contributed by atoms with van der Waals surface area (Å²) in [5.74, 6) is -1.48. The van der Waals surface area contributed by atoms with Crippen LogP contribution in [0.25, 0.3) is 0 Å². The maximum Gasteiger partial charge on any atom is 0.387 e. The number of amides is 2. The minimum Gasteiger partial charge on any atom is -1.00 e. The second-order valence-corrected chi connectivity index (χ2v) is 4.49. The van der Waals surface area contributed by atoms with E-state index in [0.29, 0.717) is 9.55 Å². The summed E-state index contributed by atoms with van der Waals surface area (Å²) >= 11 is 0. The summed E-state index contributed by atoms with van der Waals surface area (Å²) in [5, 5.41) is 0.567. The van der Waals surface area contributed by atoms with E-state index in [-0.39, 0.29) is 36.4 Å². The van der Waals surface area contributed by atoms with Crippen molar-refractivity contribution in [3.63, 3.8) is 0 Å². The van der Waals surface area contributed by atoms with Crippen LogP contribution in [0.4, 0.5) is 0 Å². The van der Waals surface area contributed by atoms with E-state index in [0.717, 1.165) is 0 Å². The molecular weight excluding hydrogens is 280 g/mol. The van der Waals surface area contributed by atoms with Gasteiger partial charge in [0.05, 0.1) is 21.1 Å². The fraction of sp³-hybridized carbons (Fsp3) is 0.667. The Hall–Kier alpha value is -0.950. The van der Waals surface area contributed by atoms with Gasteiger partial charge in [-0.25, -0.2) is 4.79 Å². The number of halogens is 1. The molecule has 0 aliphatic carbocycles. The monoisotopic (exact) mass is 294 g/mol. The molecule has 1 aliphatic heterocycles. The highest BCUT2D eigenvalue weighted by molar-refractivity contribution is 6.01. The smallest absolute Gasteiger partial charge is 0.387 e. The lowest BCUT2D eigenvalue weighted by molar-refractivity contribution is -0.863. The Bertz CT molecular complexity index is 295. The first-order chi connectivity index (χ1) is 6.79. The lowest BCUT2D eigenvalue weighted by Gasteiger charge is -2.23. The van der Waals surface area contributed by atoms with Crippen molar-refractivity contribution in [2.45, 2.75) is 12.8 Å². The predicted molar refractivity (Wildman–Crippen MR) is 50.1 cm³/mol. The van der Waals surface area contributed by atoms with Crippen molar-refractivity contribution in [1.82, 2.24) is 5.06 Å². The van der Waals surface area contributed by atoms with Gasteiger partial charge < -0.3 is 26.3 Å². The number of rotatable bonds is 3. The van der Waals surface area contributed by atoms with E-state index in [1.165, 1.54) is 0 Å². The molecule has 1 rings (SSSR count). The molecule has 0 saturated carbocycles. The van der Waals surface area contributed by atoms with Gasteiger partial charge in [0.2, 0.25) is 0 Å². The number of hydroxylamine groups is 2. The van der Waals surface area contributed by atoms with Crippen molar-refractivity contribution in [2.75, 3.05) is 27.7 Å². The molecule has 7 heteroatoms. The van der Waals surface area contributed by atoms with Crippen LogP contribution in [0.15, 0.2) is 0 Å². The molecule has 0 spiro atoms. The molecule has 1 heterocycles. The van der Waals surface area contributed by atoms with Gasteiger partial charge in [-0.2, -0.15) is 0 Å². The SMILES string of the molecule is C[N+](C)(C)CC(=O)ON1C(=O)CCC1=O.[Br-]. The van der Waals surface area contributed by atoms with E-state index in [1.807, 2.05) is 21.1 Å². The summed E-state index contributed by atoms with van der Waals surface area (Å²) in [6.45, 7) is 0.108. The van der Waals surface area contributed by atoms with Crippen molar-refractivity contribution >= 4 is 17.8 Å². The zero-order valence-corrected chi connectivity index (χ0v) is 11.1. The minimum atomic E-state index is -0.578. The normalized spacial score (nSPS) is 16.1. The molecule has 16 heavy (non-hydrogen) atoms. The molecule has 1 saturated heterocycles. The third kappa shape index (κ3) is 4.28. The molecule has 1 fully saturated rings. The molecule has 0 atom stereocenters. The standard InChI is InChI=1S/C9H15N2O4.BrH/c1-11(2,3)6-9(14)15-10-7(12)4-5-8(10)13;/h4-6H2,1-3H3;1H/q+1;/p-1. The zero-order valence-electron chi connectivity index (χ0n) is 9.53. The largest absolute Gasteiger partial charge is 1.00 e. The van der Waals surface area contributed by atoms with Gasteiger partial charge in [-0.05, 0) is 0 Å². The number of hydrogen-bond acceptors (Lipinski definition) is 4. The molecule has 2 amide bonds. The topological polar surface area (TPSA) is 63.7 Å². The van der Waals surface area contributed by atoms with E-state index in [4.69, 9.17) is 4.84 Å². The summed E-state index contributed by atoms with van der Waals surface area (Å²) in [4.78, 5) is 38.2. The van der Waals surface area contributed by atoms with E-state index in [1.54, 1.807) is 0 Å². The summed E-state index contributed by atoms with van der Waals surface area (Å²) in [5.41, 5.74) is 0. The number of imide groups is 1. The number of quaternary nitrogens is 1. The van der Waals surface area contributed by atoms with Crippen molar-refractivity contribution in [3.8, 4) is 0 Å². The van der Waals surface area contributed by atoms with Crippen molar-refractivity contribution in [3.05, 3.63) is 0 Å². The molecule has 0 unspecified atom stereocenters. The van der Waals surface area contributed by atoms with Crippen molar-refractivity contribution < 1.29 is 40.7 Å². The highest BCUT2D eigenvalue weighted by Gasteiger charge is 2.33. The third-order valence-electron chi connectivity index (χ3n) is 1.80. The van der Waals surface area contributed by atoms with Gasteiger partial charge in [0.1, 0.15) is 0 Å². The molecule has 0 aromatic carbocycles. The number of likely N-dealkylation sites (N-methyl/N-ethyl adjacent to an activating group) is 1. The van der Waals surface area contributed by atoms with Crippen LogP contribution in [-0.2, 0) is 19.2 Å². The third-order valence-corrected chi connectivity index (χ3v) is 1.80. The van der Waals surface area contributed by atoms with Crippen LogP contribution in [0.2, 0.25) is 0 Å². The number of nitrogens with zero attached hydrogens (tertiary/aromatic N) is 2. The summed E-state index contributed by atoms with van der Waals surface area (Å²) in [6.07, 6.45) is 0.243. The van der Waals surface area contributed by atoms with Gasteiger partial charge in [-0.1, -0.05) is 0 Å². The molecule has 0 radical (unpaired) electrons. The van der Waals surface area contributed by atoms with Crippen LogP contribution in [0.1, 0.15) is 12.8 Å². The second kappa shape index (κ2) is 5.40. The highest BCUT2D eigenvalue weighted by atomic mass is 79.9. The Morgan fingerprint density at radius 2 is 1.69 bits per heavy atom. The van der Waals surface area contributed by atoms with Gasteiger partial charge in [0.15, 0.2) is 6.54 Å².